The SMILES string of the molecule is C[C@H]1CC[C@H]2C(C)(C)OC(=O)CC[C@@]23CO[C@]24O[C@]5(C)OC(=O)[C@@H]([C@@H]5O)[C@H](C)[C@@]2(C)C[C@]13O4. The molecule has 184 valence electrons. The highest BCUT2D eigenvalue weighted by Gasteiger charge is 2.83. The molecule has 8 heteroatoms. The number of hydrogen-bond donors (Lipinski definition) is 1. The van der Waals surface area contributed by atoms with Gasteiger partial charge in [-0.2, -0.15) is 0 Å². The quantitative estimate of drug-likeness (QED) is 0.546. The average molecular weight is 465 g/mol. The van der Waals surface area contributed by atoms with Gasteiger partial charge in [0.05, 0.1) is 23.5 Å². The molecule has 1 N–H and O–H groups in total. The Labute approximate surface area is 194 Å². The molecule has 5 saturated heterocycles. The van der Waals surface area contributed by atoms with E-state index in [4.69, 9.17) is 23.7 Å². The summed E-state index contributed by atoms with van der Waals surface area (Å²) in [7, 11) is 0. The fourth-order valence-electron chi connectivity index (χ4n) is 8.77. The third kappa shape index (κ3) is 2.32. The van der Waals surface area contributed by atoms with Crippen LogP contribution in [0.2, 0.25) is 0 Å². The van der Waals surface area contributed by atoms with Crippen molar-refractivity contribution < 1.29 is 38.4 Å². The van der Waals surface area contributed by atoms with Crippen LogP contribution in [0.5, 0.6) is 0 Å². The molecule has 0 unspecified atom stereocenters. The number of aliphatic hydroxyl groups excluding tert-OH is 1. The Kier molecular flexibility index (Phi) is 4.13. The van der Waals surface area contributed by atoms with Crippen LogP contribution in [0.1, 0.15) is 73.6 Å². The zero-order valence-electron chi connectivity index (χ0n) is 20.4. The molecule has 6 fully saturated rings. The molecule has 0 aromatic carbocycles. The van der Waals surface area contributed by atoms with Crippen molar-refractivity contribution >= 4 is 11.9 Å². The van der Waals surface area contributed by atoms with Gasteiger partial charge in [-0.1, -0.05) is 20.8 Å². The third-order valence-corrected chi connectivity index (χ3v) is 10.7. The van der Waals surface area contributed by atoms with Gasteiger partial charge < -0.3 is 24.1 Å². The van der Waals surface area contributed by atoms with Gasteiger partial charge in [-0.15, -0.1) is 0 Å². The van der Waals surface area contributed by atoms with Gasteiger partial charge >= 0.3 is 11.9 Å². The Balaban J connectivity index is 1.53. The summed E-state index contributed by atoms with van der Waals surface area (Å²) < 4.78 is 31.7. The van der Waals surface area contributed by atoms with E-state index < -0.39 is 51.8 Å². The topological polar surface area (TPSA) is 101 Å². The molecule has 5 heterocycles. The van der Waals surface area contributed by atoms with Gasteiger partial charge in [0.15, 0.2) is 0 Å². The zero-order valence-corrected chi connectivity index (χ0v) is 20.4. The van der Waals surface area contributed by atoms with E-state index in [1.165, 1.54) is 0 Å². The molecule has 6 rings (SSSR count). The Bertz CT molecular complexity index is 933. The molecule has 5 aliphatic heterocycles. The standard InChI is InChI=1S/C25H36O8/c1-13-7-8-15-20(3,4)30-16(26)9-10-23(15)12-29-25-21(5,11-24(13,23)33-25)14(2)17-18(27)22(6,32-25)31-19(17)28/h13-15,17-18,27H,7-12H2,1-6H3/t13-,14-,15-,17+,18-,21+,22-,23+,24-,25-/m0/s1. The maximum atomic E-state index is 12.8. The number of rotatable bonds is 0. The van der Waals surface area contributed by atoms with Gasteiger partial charge in [0, 0.05) is 24.7 Å². The van der Waals surface area contributed by atoms with E-state index in [2.05, 4.69) is 13.8 Å². The largest absolute Gasteiger partial charge is 0.459 e. The lowest BCUT2D eigenvalue weighted by Crippen LogP contribution is -2.69. The fraction of sp³-hybridized carbons (Fsp3) is 0.920. The van der Waals surface area contributed by atoms with Gasteiger partial charge in [0.2, 0.25) is 5.79 Å². The summed E-state index contributed by atoms with van der Waals surface area (Å²) in [6.07, 6.45) is 2.33. The van der Waals surface area contributed by atoms with Crippen LogP contribution >= 0.6 is 0 Å². The lowest BCUT2D eigenvalue weighted by Gasteiger charge is -2.63. The van der Waals surface area contributed by atoms with E-state index in [0.717, 1.165) is 12.8 Å². The van der Waals surface area contributed by atoms with E-state index in [1.54, 1.807) is 6.92 Å². The number of esters is 2. The van der Waals surface area contributed by atoms with Crippen LogP contribution in [0.25, 0.3) is 0 Å². The lowest BCUT2D eigenvalue weighted by molar-refractivity contribution is -0.508. The first-order chi connectivity index (χ1) is 15.3. The lowest BCUT2D eigenvalue weighted by atomic mass is 9.47. The van der Waals surface area contributed by atoms with Crippen LogP contribution in [0.15, 0.2) is 0 Å². The molecule has 4 bridgehead atoms. The number of aliphatic hydroxyl groups is 1. The van der Waals surface area contributed by atoms with Crippen molar-refractivity contribution in [2.75, 3.05) is 6.61 Å². The number of fused-ring (bicyclic) bond motifs is 2. The Morgan fingerprint density at radius 2 is 1.73 bits per heavy atom. The van der Waals surface area contributed by atoms with Gasteiger partial charge in [-0.25, -0.2) is 0 Å². The van der Waals surface area contributed by atoms with Gasteiger partial charge in [-0.3, -0.25) is 14.3 Å². The number of ether oxygens (including phenoxy) is 5. The van der Waals surface area contributed by atoms with Crippen molar-refractivity contribution in [2.24, 2.45) is 34.5 Å². The summed E-state index contributed by atoms with van der Waals surface area (Å²) in [6, 6.07) is 0. The fourth-order valence-corrected chi connectivity index (χ4v) is 8.77. The molecule has 1 saturated carbocycles. The summed E-state index contributed by atoms with van der Waals surface area (Å²) >= 11 is 0. The molecule has 8 nitrogen and oxygen atoms in total. The van der Waals surface area contributed by atoms with Crippen LogP contribution in [0, 0.1) is 34.5 Å². The van der Waals surface area contributed by atoms with E-state index >= 15 is 0 Å². The van der Waals surface area contributed by atoms with E-state index in [9.17, 15) is 14.7 Å². The molecule has 0 aromatic rings. The van der Waals surface area contributed by atoms with Crippen LogP contribution in [-0.4, -0.2) is 52.7 Å². The number of carbonyl (C=O) groups is 2. The van der Waals surface area contributed by atoms with E-state index in [0.29, 0.717) is 25.9 Å². The van der Waals surface area contributed by atoms with Crippen LogP contribution in [0.4, 0.5) is 0 Å². The second kappa shape index (κ2) is 6.12. The molecule has 6 aliphatic rings. The predicted octanol–water partition coefficient (Wildman–Crippen LogP) is 2.90. The van der Waals surface area contributed by atoms with Crippen molar-refractivity contribution in [3.63, 3.8) is 0 Å². The minimum absolute atomic E-state index is 0.0713. The first-order valence-corrected chi connectivity index (χ1v) is 12.4. The highest BCUT2D eigenvalue weighted by Crippen LogP contribution is 2.75. The first-order valence-electron chi connectivity index (χ1n) is 12.4. The molecule has 3 spiro atoms. The number of carbonyl (C=O) groups excluding carboxylic acids is 2. The molecule has 33 heavy (non-hydrogen) atoms. The van der Waals surface area contributed by atoms with Crippen molar-refractivity contribution in [1.82, 2.24) is 0 Å². The Hall–Kier alpha value is -1.22. The van der Waals surface area contributed by atoms with Gasteiger partial charge in [-0.05, 0) is 51.4 Å². The maximum Gasteiger partial charge on any atom is 0.314 e. The zero-order chi connectivity index (χ0) is 23.8. The summed E-state index contributed by atoms with van der Waals surface area (Å²) in [5.74, 6) is -4.35. The molecular weight excluding hydrogens is 428 g/mol. The normalized spacial score (nSPS) is 58.8. The van der Waals surface area contributed by atoms with Crippen molar-refractivity contribution in [1.29, 1.82) is 0 Å². The molecular formula is C25H36O8. The van der Waals surface area contributed by atoms with Gasteiger partial charge in [0.25, 0.3) is 5.97 Å². The van der Waals surface area contributed by atoms with Crippen molar-refractivity contribution in [3.05, 3.63) is 0 Å². The molecule has 1 aliphatic carbocycles. The average Bonchev–Trinajstić information content (AvgIpc) is 2.99. The molecule has 0 radical (unpaired) electrons. The Morgan fingerprint density at radius 1 is 1.00 bits per heavy atom. The van der Waals surface area contributed by atoms with Crippen molar-refractivity contribution in [2.45, 2.75) is 103 Å². The van der Waals surface area contributed by atoms with E-state index in [-0.39, 0.29) is 23.7 Å². The monoisotopic (exact) mass is 464 g/mol. The predicted molar refractivity (Wildman–Crippen MR) is 113 cm³/mol. The smallest absolute Gasteiger partial charge is 0.314 e. The second-order valence-corrected chi connectivity index (χ2v) is 12.5. The maximum absolute atomic E-state index is 12.8. The number of hydrogen-bond acceptors (Lipinski definition) is 8. The Morgan fingerprint density at radius 3 is 2.45 bits per heavy atom. The minimum Gasteiger partial charge on any atom is -0.459 e. The van der Waals surface area contributed by atoms with Crippen LogP contribution < -0.4 is 0 Å². The van der Waals surface area contributed by atoms with E-state index in [1.807, 2.05) is 20.8 Å². The van der Waals surface area contributed by atoms with Crippen molar-refractivity contribution in [3.8, 4) is 0 Å². The highest BCUT2D eigenvalue weighted by molar-refractivity contribution is 5.77. The molecule has 10 atom stereocenters. The summed E-state index contributed by atoms with van der Waals surface area (Å²) in [5.41, 5.74) is -2.37. The second-order valence-electron chi connectivity index (χ2n) is 12.5. The molecule has 0 amide bonds. The van der Waals surface area contributed by atoms with Crippen LogP contribution in [0.3, 0.4) is 0 Å². The minimum atomic E-state index is -1.54. The first kappa shape index (κ1) is 22.3. The molecule has 0 aromatic heterocycles. The summed E-state index contributed by atoms with van der Waals surface area (Å²) in [5, 5.41) is 11.0. The van der Waals surface area contributed by atoms with Crippen LogP contribution in [-0.2, 0) is 33.3 Å². The highest BCUT2D eigenvalue weighted by atomic mass is 16.9. The summed E-state index contributed by atoms with van der Waals surface area (Å²) in [6.45, 7) is 12.2. The number of cyclic esters (lactones) is 1. The summed E-state index contributed by atoms with van der Waals surface area (Å²) in [4.78, 5) is 25.4. The van der Waals surface area contributed by atoms with Gasteiger partial charge in [0.1, 0.15) is 11.7 Å². The third-order valence-electron chi connectivity index (χ3n) is 10.7.